The molecule has 3 heteroatoms. The van der Waals surface area contributed by atoms with E-state index in [1.54, 1.807) is 12.5 Å². The van der Waals surface area contributed by atoms with Crippen LogP contribution in [0.2, 0.25) is 0 Å². The van der Waals surface area contributed by atoms with Gasteiger partial charge in [-0.2, -0.15) is 0 Å². The molecule has 0 unspecified atom stereocenters. The molecule has 21 heavy (non-hydrogen) atoms. The zero-order valence-electron chi connectivity index (χ0n) is 11.9. The zero-order chi connectivity index (χ0) is 14.3. The maximum atomic E-state index is 5.62. The predicted molar refractivity (Wildman–Crippen MR) is 80.8 cm³/mol. The lowest BCUT2D eigenvalue weighted by Gasteiger charge is -2.14. The fourth-order valence-electron chi connectivity index (χ4n) is 2.61. The van der Waals surface area contributed by atoms with Gasteiger partial charge in [-0.3, -0.25) is 0 Å². The van der Waals surface area contributed by atoms with E-state index in [1.807, 2.05) is 24.3 Å². The molecular weight excluding hydrogens is 262 g/mol. The summed E-state index contributed by atoms with van der Waals surface area (Å²) in [4.78, 5) is 0. The highest BCUT2D eigenvalue weighted by Gasteiger charge is 2.17. The van der Waals surface area contributed by atoms with E-state index in [9.17, 15) is 0 Å². The number of nitrogens with two attached hydrogens (primary N) is 1. The van der Waals surface area contributed by atoms with Gasteiger partial charge in [0.1, 0.15) is 12.3 Å². The number of hydrogen-bond donors (Lipinski definition) is 1. The van der Waals surface area contributed by atoms with Gasteiger partial charge in [-0.15, -0.1) is 0 Å². The molecule has 1 atom stereocenters. The summed E-state index contributed by atoms with van der Waals surface area (Å²) < 4.78 is 11.0. The fourth-order valence-corrected chi connectivity index (χ4v) is 2.61. The smallest absolute Gasteiger partial charge is 0.157 e. The first-order valence-corrected chi connectivity index (χ1v) is 7.36. The summed E-state index contributed by atoms with van der Waals surface area (Å²) >= 11 is 0. The maximum absolute atomic E-state index is 5.62. The van der Waals surface area contributed by atoms with Gasteiger partial charge >= 0.3 is 0 Å². The zero-order valence-corrected chi connectivity index (χ0v) is 11.9. The molecule has 3 nitrogen and oxygen atoms in total. The average molecular weight is 282 g/mol. The van der Waals surface area contributed by atoms with Crippen molar-refractivity contribution < 1.29 is 14.2 Å². The first-order chi connectivity index (χ1) is 10.4. The van der Waals surface area contributed by atoms with Crippen molar-refractivity contribution in [3.05, 3.63) is 84.2 Å². The largest absolute Gasteiger partial charge is 0.469 e. The van der Waals surface area contributed by atoms with Gasteiger partial charge in [-0.05, 0) is 29.8 Å². The van der Waals surface area contributed by atoms with E-state index >= 15 is 0 Å². The molecule has 0 fully saturated rings. The van der Waals surface area contributed by atoms with Crippen LogP contribution < -0.4 is 5.32 Å². The van der Waals surface area contributed by atoms with Crippen LogP contribution >= 0.6 is 0 Å². The Hall–Kier alpha value is -2.26. The minimum atomic E-state index is 0.314. The predicted octanol–water partition coefficient (Wildman–Crippen LogP) is 3.16. The second-order valence-corrected chi connectivity index (χ2v) is 5.13. The van der Waals surface area contributed by atoms with Crippen molar-refractivity contribution in [1.82, 2.24) is 0 Å². The van der Waals surface area contributed by atoms with E-state index in [4.69, 9.17) is 8.83 Å². The average Bonchev–Trinajstić information content (AvgIpc) is 3.21. The van der Waals surface area contributed by atoms with Crippen LogP contribution in [0.15, 0.2) is 76.0 Å². The lowest BCUT2D eigenvalue weighted by molar-refractivity contribution is -0.672. The molecule has 2 heterocycles. The summed E-state index contributed by atoms with van der Waals surface area (Å²) in [6.07, 6.45) is 4.51. The molecular formula is C18H20NO2+. The molecule has 0 spiro atoms. The van der Waals surface area contributed by atoms with Crippen molar-refractivity contribution in [2.75, 3.05) is 6.54 Å². The third-order valence-corrected chi connectivity index (χ3v) is 3.67. The summed E-state index contributed by atoms with van der Waals surface area (Å²) in [6.45, 7) is 1.91. The van der Waals surface area contributed by atoms with Crippen molar-refractivity contribution in [3.63, 3.8) is 0 Å². The maximum Gasteiger partial charge on any atom is 0.157 e. The second-order valence-electron chi connectivity index (χ2n) is 5.13. The number of benzene rings is 1. The van der Waals surface area contributed by atoms with Crippen LogP contribution in [-0.2, 0) is 6.54 Å². The SMILES string of the molecule is c1ccc([C@@H](CC[NH2+]Cc2ccco2)c2ccco2)cc1. The van der Waals surface area contributed by atoms with Gasteiger partial charge in [0.15, 0.2) is 5.76 Å². The highest BCUT2D eigenvalue weighted by atomic mass is 16.3. The quantitative estimate of drug-likeness (QED) is 0.676. The molecule has 0 aliphatic rings. The standard InChI is InChI=1S/C18H19NO2/c1-2-6-15(7-3-1)17(18-9-5-13-21-18)10-11-19-14-16-8-4-12-20-16/h1-9,12-13,17,19H,10-11,14H2/p+1/t17-/m1/s1. The van der Waals surface area contributed by atoms with Crippen LogP contribution in [0.3, 0.4) is 0 Å². The number of furan rings is 2. The third kappa shape index (κ3) is 3.64. The number of quaternary nitrogens is 1. The third-order valence-electron chi connectivity index (χ3n) is 3.67. The van der Waals surface area contributed by atoms with Crippen LogP contribution in [0, 0.1) is 0 Å². The molecule has 3 rings (SSSR count). The highest BCUT2D eigenvalue weighted by Crippen LogP contribution is 2.27. The Morgan fingerprint density at radius 3 is 2.38 bits per heavy atom. The first kappa shape index (κ1) is 13.7. The van der Waals surface area contributed by atoms with E-state index in [0.717, 1.165) is 31.0 Å². The van der Waals surface area contributed by atoms with Crippen molar-refractivity contribution >= 4 is 0 Å². The Balaban J connectivity index is 1.61. The number of rotatable bonds is 7. The first-order valence-electron chi connectivity index (χ1n) is 7.36. The minimum Gasteiger partial charge on any atom is -0.469 e. The Bertz CT molecular complexity index is 615. The van der Waals surface area contributed by atoms with Crippen molar-refractivity contribution in [2.24, 2.45) is 0 Å². The molecule has 0 saturated carbocycles. The molecule has 2 aromatic heterocycles. The van der Waals surface area contributed by atoms with Crippen LogP contribution in [0.4, 0.5) is 0 Å². The van der Waals surface area contributed by atoms with Crippen molar-refractivity contribution in [2.45, 2.75) is 18.9 Å². The van der Waals surface area contributed by atoms with Crippen LogP contribution in [0.1, 0.15) is 29.4 Å². The Morgan fingerprint density at radius 2 is 1.67 bits per heavy atom. The molecule has 0 amide bonds. The highest BCUT2D eigenvalue weighted by molar-refractivity contribution is 5.26. The van der Waals surface area contributed by atoms with Gasteiger partial charge in [-0.25, -0.2) is 0 Å². The van der Waals surface area contributed by atoms with Crippen LogP contribution in [-0.4, -0.2) is 6.54 Å². The summed E-state index contributed by atoms with van der Waals surface area (Å²) in [5, 5.41) is 2.28. The van der Waals surface area contributed by atoms with Crippen molar-refractivity contribution in [1.29, 1.82) is 0 Å². The van der Waals surface area contributed by atoms with E-state index in [2.05, 4.69) is 35.6 Å². The summed E-state index contributed by atoms with van der Waals surface area (Å²) in [5.41, 5.74) is 1.30. The molecule has 0 bridgehead atoms. The summed E-state index contributed by atoms with van der Waals surface area (Å²) in [5.74, 6) is 2.37. The molecule has 3 aromatic rings. The Labute approximate surface area is 124 Å². The fraction of sp³-hybridized carbons (Fsp3) is 0.222. The van der Waals surface area contributed by atoms with Crippen molar-refractivity contribution in [3.8, 4) is 0 Å². The van der Waals surface area contributed by atoms with Crippen LogP contribution in [0.5, 0.6) is 0 Å². The Morgan fingerprint density at radius 1 is 0.857 bits per heavy atom. The van der Waals surface area contributed by atoms with E-state index < -0.39 is 0 Å². The minimum absolute atomic E-state index is 0.314. The molecule has 0 saturated heterocycles. The molecule has 0 aliphatic heterocycles. The summed E-state index contributed by atoms with van der Waals surface area (Å²) in [7, 11) is 0. The van der Waals surface area contributed by atoms with Gasteiger partial charge in [0.05, 0.1) is 19.1 Å². The van der Waals surface area contributed by atoms with Crippen LogP contribution in [0.25, 0.3) is 0 Å². The van der Waals surface area contributed by atoms with Gasteiger partial charge in [0.25, 0.3) is 0 Å². The van der Waals surface area contributed by atoms with E-state index in [-0.39, 0.29) is 0 Å². The van der Waals surface area contributed by atoms with Gasteiger partial charge in [0.2, 0.25) is 0 Å². The van der Waals surface area contributed by atoms with E-state index in [0.29, 0.717) is 5.92 Å². The summed E-state index contributed by atoms with van der Waals surface area (Å²) in [6, 6.07) is 18.5. The Kier molecular flexibility index (Phi) is 4.54. The lowest BCUT2D eigenvalue weighted by atomic mass is 9.93. The molecule has 108 valence electrons. The normalized spacial score (nSPS) is 12.4. The van der Waals surface area contributed by atoms with E-state index in [1.165, 1.54) is 5.56 Å². The molecule has 1 aromatic carbocycles. The van der Waals surface area contributed by atoms with Gasteiger partial charge in [-0.1, -0.05) is 30.3 Å². The topological polar surface area (TPSA) is 42.9 Å². The second kappa shape index (κ2) is 6.95. The number of hydrogen-bond acceptors (Lipinski definition) is 2. The molecule has 2 N–H and O–H groups in total. The molecule has 0 radical (unpaired) electrons. The van der Waals surface area contributed by atoms with Gasteiger partial charge < -0.3 is 14.2 Å². The lowest BCUT2D eigenvalue weighted by Crippen LogP contribution is -2.82. The van der Waals surface area contributed by atoms with Gasteiger partial charge in [0, 0.05) is 12.3 Å². The molecule has 0 aliphatic carbocycles. The monoisotopic (exact) mass is 282 g/mol.